The van der Waals surface area contributed by atoms with Crippen LogP contribution in [0.25, 0.3) is 5.69 Å². The summed E-state index contributed by atoms with van der Waals surface area (Å²) in [6, 6.07) is 16.1. The molecule has 1 amide bonds. The summed E-state index contributed by atoms with van der Waals surface area (Å²) in [6.07, 6.45) is 0. The van der Waals surface area contributed by atoms with Gasteiger partial charge in [-0.2, -0.15) is 4.68 Å². The number of hydrogen-bond acceptors (Lipinski definition) is 5. The second-order valence-corrected chi connectivity index (χ2v) is 7.91. The van der Waals surface area contributed by atoms with E-state index >= 15 is 0 Å². The maximum absolute atomic E-state index is 12.8. The molecule has 2 aromatic carbocycles. The highest BCUT2D eigenvalue weighted by molar-refractivity contribution is 8.00. The molecule has 27 heavy (non-hydrogen) atoms. The highest BCUT2D eigenvalue weighted by Crippen LogP contribution is 2.26. The van der Waals surface area contributed by atoms with Gasteiger partial charge >= 0.3 is 0 Å². The van der Waals surface area contributed by atoms with Crippen LogP contribution in [0.15, 0.2) is 53.7 Å². The Morgan fingerprint density at radius 3 is 2.67 bits per heavy atom. The molecule has 1 heterocycles. The van der Waals surface area contributed by atoms with Crippen LogP contribution in [-0.2, 0) is 11.3 Å². The van der Waals surface area contributed by atoms with Crippen LogP contribution >= 0.6 is 11.8 Å². The van der Waals surface area contributed by atoms with Crippen molar-refractivity contribution in [3.8, 4) is 5.69 Å². The maximum atomic E-state index is 12.8. The Labute approximate surface area is 163 Å². The lowest BCUT2D eigenvalue weighted by atomic mass is 10.1. The van der Waals surface area contributed by atoms with Gasteiger partial charge < -0.3 is 4.90 Å². The minimum Gasteiger partial charge on any atom is -0.340 e. The molecule has 1 atom stereocenters. The quantitative estimate of drug-likeness (QED) is 0.612. The predicted octanol–water partition coefficient (Wildman–Crippen LogP) is 3.42. The Bertz CT molecular complexity index is 925. The van der Waals surface area contributed by atoms with Gasteiger partial charge in [-0.1, -0.05) is 54.2 Å². The van der Waals surface area contributed by atoms with Gasteiger partial charge in [-0.3, -0.25) is 4.79 Å². The lowest BCUT2D eigenvalue weighted by molar-refractivity contribution is -0.129. The summed E-state index contributed by atoms with van der Waals surface area (Å²) in [5.41, 5.74) is 4.24. The van der Waals surface area contributed by atoms with Crippen LogP contribution in [0.3, 0.4) is 0 Å². The lowest BCUT2D eigenvalue weighted by Crippen LogP contribution is -2.33. The molecule has 1 aromatic heterocycles. The van der Waals surface area contributed by atoms with E-state index in [1.807, 2.05) is 70.3 Å². The van der Waals surface area contributed by atoms with Crippen LogP contribution in [0.4, 0.5) is 0 Å². The van der Waals surface area contributed by atoms with Crippen molar-refractivity contribution in [1.29, 1.82) is 0 Å². The number of carbonyl (C=O) groups excluding carboxylic acids is 1. The van der Waals surface area contributed by atoms with Gasteiger partial charge in [0.25, 0.3) is 0 Å². The minimum absolute atomic E-state index is 0.0411. The number of hydrogen-bond donors (Lipinski definition) is 0. The number of aromatic nitrogens is 4. The first-order valence-electron chi connectivity index (χ1n) is 8.77. The van der Waals surface area contributed by atoms with Crippen molar-refractivity contribution in [2.75, 3.05) is 7.05 Å². The van der Waals surface area contributed by atoms with Crippen LogP contribution in [-0.4, -0.2) is 43.3 Å². The number of benzene rings is 2. The molecule has 0 aliphatic heterocycles. The standard InChI is InChI=1S/C20H23N5OS/c1-14-10-11-15(2)18(12-14)25-20(21-22-23-25)27-16(3)19(26)24(4)13-17-8-6-5-7-9-17/h5-12,16H,13H2,1-4H3/t16-/m1/s1. The van der Waals surface area contributed by atoms with Gasteiger partial charge in [0.15, 0.2) is 0 Å². The van der Waals surface area contributed by atoms with E-state index in [0.717, 1.165) is 22.4 Å². The third kappa shape index (κ3) is 4.54. The predicted molar refractivity (Wildman–Crippen MR) is 107 cm³/mol. The van der Waals surface area contributed by atoms with Crippen molar-refractivity contribution in [1.82, 2.24) is 25.1 Å². The molecule has 0 saturated carbocycles. The van der Waals surface area contributed by atoms with Gasteiger partial charge in [-0.15, -0.1) is 5.10 Å². The Balaban J connectivity index is 1.73. The maximum Gasteiger partial charge on any atom is 0.235 e. The Morgan fingerprint density at radius 1 is 1.19 bits per heavy atom. The number of amides is 1. The third-order valence-corrected chi connectivity index (χ3v) is 5.32. The largest absolute Gasteiger partial charge is 0.340 e. The second-order valence-electron chi connectivity index (χ2n) is 6.60. The molecule has 0 radical (unpaired) electrons. The van der Waals surface area contributed by atoms with Crippen molar-refractivity contribution in [3.05, 3.63) is 65.2 Å². The van der Waals surface area contributed by atoms with E-state index in [4.69, 9.17) is 0 Å². The van der Waals surface area contributed by atoms with Crippen molar-refractivity contribution in [2.24, 2.45) is 0 Å². The van der Waals surface area contributed by atoms with Crippen LogP contribution in [0.5, 0.6) is 0 Å². The van der Waals surface area contributed by atoms with E-state index in [9.17, 15) is 4.79 Å². The average molecular weight is 382 g/mol. The van der Waals surface area contributed by atoms with Gasteiger partial charge in [0.05, 0.1) is 10.9 Å². The number of carbonyl (C=O) groups is 1. The van der Waals surface area contributed by atoms with Crippen LogP contribution in [0.2, 0.25) is 0 Å². The number of thioether (sulfide) groups is 1. The lowest BCUT2D eigenvalue weighted by Gasteiger charge is -2.21. The summed E-state index contributed by atoms with van der Waals surface area (Å²) < 4.78 is 1.70. The van der Waals surface area contributed by atoms with Crippen molar-refractivity contribution in [3.63, 3.8) is 0 Å². The number of aryl methyl sites for hydroxylation is 2. The molecular weight excluding hydrogens is 358 g/mol. The van der Waals surface area contributed by atoms with E-state index in [2.05, 4.69) is 21.6 Å². The average Bonchev–Trinajstić information content (AvgIpc) is 3.11. The number of rotatable bonds is 6. The summed E-state index contributed by atoms with van der Waals surface area (Å²) in [7, 11) is 1.82. The number of tetrazole rings is 1. The van der Waals surface area contributed by atoms with Gasteiger partial charge in [-0.05, 0) is 54.0 Å². The minimum atomic E-state index is -0.298. The zero-order valence-electron chi connectivity index (χ0n) is 16.0. The normalized spacial score (nSPS) is 12.0. The second kappa shape index (κ2) is 8.35. The van der Waals surface area contributed by atoms with Gasteiger partial charge in [0, 0.05) is 13.6 Å². The summed E-state index contributed by atoms with van der Waals surface area (Å²) in [5.74, 6) is 0.0411. The summed E-state index contributed by atoms with van der Waals surface area (Å²) >= 11 is 1.37. The molecular formula is C20H23N5OS. The molecule has 0 fully saturated rings. The van der Waals surface area contributed by atoms with E-state index in [-0.39, 0.29) is 11.2 Å². The third-order valence-electron chi connectivity index (χ3n) is 4.30. The fraction of sp³-hybridized carbons (Fsp3) is 0.300. The fourth-order valence-corrected chi connectivity index (χ4v) is 3.72. The fourth-order valence-electron chi connectivity index (χ4n) is 2.81. The van der Waals surface area contributed by atoms with E-state index < -0.39 is 0 Å². The monoisotopic (exact) mass is 381 g/mol. The zero-order chi connectivity index (χ0) is 19.4. The highest BCUT2D eigenvalue weighted by atomic mass is 32.2. The summed E-state index contributed by atoms with van der Waals surface area (Å²) in [4.78, 5) is 14.5. The van der Waals surface area contributed by atoms with E-state index in [0.29, 0.717) is 11.7 Å². The molecule has 0 bridgehead atoms. The van der Waals surface area contributed by atoms with Crippen LogP contribution < -0.4 is 0 Å². The molecule has 3 aromatic rings. The van der Waals surface area contributed by atoms with E-state index in [1.165, 1.54) is 11.8 Å². The topological polar surface area (TPSA) is 63.9 Å². The molecule has 0 N–H and O–H groups in total. The van der Waals surface area contributed by atoms with Crippen LogP contribution in [0, 0.1) is 13.8 Å². The first-order valence-corrected chi connectivity index (χ1v) is 9.65. The molecule has 0 unspecified atom stereocenters. The molecule has 0 aliphatic carbocycles. The van der Waals surface area contributed by atoms with Crippen molar-refractivity contribution in [2.45, 2.75) is 37.7 Å². The van der Waals surface area contributed by atoms with Crippen molar-refractivity contribution >= 4 is 17.7 Å². The first kappa shape index (κ1) is 19.1. The molecule has 7 heteroatoms. The molecule has 0 spiro atoms. The van der Waals surface area contributed by atoms with Gasteiger partial charge in [-0.25, -0.2) is 0 Å². The van der Waals surface area contributed by atoms with Gasteiger partial charge in [0.1, 0.15) is 0 Å². The summed E-state index contributed by atoms with van der Waals surface area (Å²) in [5, 5.41) is 12.4. The molecule has 6 nitrogen and oxygen atoms in total. The van der Waals surface area contributed by atoms with E-state index in [1.54, 1.807) is 9.58 Å². The molecule has 140 valence electrons. The first-order chi connectivity index (χ1) is 13.0. The SMILES string of the molecule is Cc1ccc(C)c(-n2nnnc2S[C@H](C)C(=O)N(C)Cc2ccccc2)c1. The van der Waals surface area contributed by atoms with Crippen molar-refractivity contribution < 1.29 is 4.79 Å². The highest BCUT2D eigenvalue weighted by Gasteiger charge is 2.22. The zero-order valence-corrected chi connectivity index (χ0v) is 16.8. The molecule has 0 aliphatic rings. The van der Waals surface area contributed by atoms with Crippen LogP contribution in [0.1, 0.15) is 23.6 Å². The Morgan fingerprint density at radius 2 is 1.93 bits per heavy atom. The van der Waals surface area contributed by atoms with Gasteiger partial charge in [0.2, 0.25) is 11.1 Å². The smallest absolute Gasteiger partial charge is 0.235 e. The Hall–Kier alpha value is -2.67. The molecule has 3 rings (SSSR count). The molecule has 0 saturated heterocycles. The number of nitrogens with zero attached hydrogens (tertiary/aromatic N) is 5. The summed E-state index contributed by atoms with van der Waals surface area (Å²) in [6.45, 7) is 6.51. The Kier molecular flexibility index (Phi) is 5.91.